The molecule has 0 amide bonds. The summed E-state index contributed by atoms with van der Waals surface area (Å²) in [5, 5.41) is 0.733. The molecule has 30 heavy (non-hydrogen) atoms. The van der Waals surface area contributed by atoms with E-state index in [0.29, 0.717) is 0 Å². The molecule has 0 saturated carbocycles. The van der Waals surface area contributed by atoms with Crippen LogP contribution in [-0.2, 0) is 0 Å². The molecule has 0 saturated heterocycles. The van der Waals surface area contributed by atoms with Gasteiger partial charge < -0.3 is 4.98 Å². The molecule has 0 aliphatic rings. The number of nitrogens with one attached hydrogen (secondary N) is 1. The lowest BCUT2D eigenvalue weighted by Gasteiger charge is -2.06. The highest BCUT2D eigenvalue weighted by atomic mass is 35.5. The Hall–Kier alpha value is -3.62. The summed E-state index contributed by atoms with van der Waals surface area (Å²) < 4.78 is 0. The van der Waals surface area contributed by atoms with Crippen LogP contribution in [0.5, 0.6) is 0 Å². The fraction of sp³-hybridized carbons (Fsp3) is 0. The third-order valence-electron chi connectivity index (χ3n) is 5.24. The van der Waals surface area contributed by atoms with Crippen molar-refractivity contribution in [2.75, 3.05) is 0 Å². The largest absolute Gasteiger partial charge is 0.354 e. The fourth-order valence-corrected chi connectivity index (χ4v) is 3.81. The Bertz CT molecular complexity index is 1260. The lowest BCUT2D eigenvalue weighted by Crippen LogP contribution is -1.84. The van der Waals surface area contributed by atoms with Crippen LogP contribution in [0.15, 0.2) is 109 Å². The van der Waals surface area contributed by atoms with Gasteiger partial charge in [0.1, 0.15) is 0 Å². The van der Waals surface area contributed by atoms with E-state index in [-0.39, 0.29) is 0 Å². The third-order valence-corrected chi connectivity index (χ3v) is 5.50. The highest BCUT2D eigenvalue weighted by Crippen LogP contribution is 2.36. The molecular formula is C27H19ClN2. The Morgan fingerprint density at radius 1 is 0.567 bits per heavy atom. The molecule has 0 fully saturated rings. The van der Waals surface area contributed by atoms with Crippen molar-refractivity contribution < 1.29 is 0 Å². The number of rotatable bonds is 4. The van der Waals surface area contributed by atoms with E-state index in [1.807, 2.05) is 54.9 Å². The van der Waals surface area contributed by atoms with Crippen LogP contribution in [0.4, 0.5) is 0 Å². The van der Waals surface area contributed by atoms with E-state index in [1.54, 1.807) is 0 Å². The summed E-state index contributed by atoms with van der Waals surface area (Å²) in [5.74, 6) is 0. The summed E-state index contributed by atoms with van der Waals surface area (Å²) in [4.78, 5) is 7.77. The number of pyridine rings is 1. The van der Waals surface area contributed by atoms with E-state index < -0.39 is 0 Å². The average molecular weight is 407 g/mol. The molecule has 3 heteroatoms. The predicted octanol–water partition coefficient (Wildman–Crippen LogP) is 7.73. The van der Waals surface area contributed by atoms with Crippen LogP contribution in [0, 0.1) is 0 Å². The number of aromatic amines is 1. The van der Waals surface area contributed by atoms with Crippen molar-refractivity contribution in [3.63, 3.8) is 0 Å². The Morgan fingerprint density at radius 2 is 1.17 bits per heavy atom. The molecular weight excluding hydrogens is 388 g/mol. The molecule has 0 spiro atoms. The molecule has 144 valence electrons. The predicted molar refractivity (Wildman–Crippen MR) is 125 cm³/mol. The molecule has 3 aromatic carbocycles. The first-order chi connectivity index (χ1) is 14.8. The number of benzene rings is 3. The maximum absolute atomic E-state index is 6.08. The van der Waals surface area contributed by atoms with Crippen molar-refractivity contribution >= 4 is 11.6 Å². The van der Waals surface area contributed by atoms with Crippen LogP contribution in [-0.4, -0.2) is 9.97 Å². The summed E-state index contributed by atoms with van der Waals surface area (Å²) >= 11 is 6.08. The van der Waals surface area contributed by atoms with Gasteiger partial charge in [-0.3, -0.25) is 4.98 Å². The van der Waals surface area contributed by atoms with Crippen molar-refractivity contribution in [3.8, 4) is 44.8 Å². The maximum Gasteiger partial charge on any atom is 0.0539 e. The van der Waals surface area contributed by atoms with Crippen molar-refractivity contribution in [1.29, 1.82) is 0 Å². The Kier molecular flexibility index (Phi) is 4.92. The quantitative estimate of drug-likeness (QED) is 0.325. The molecule has 0 aliphatic carbocycles. The van der Waals surface area contributed by atoms with Gasteiger partial charge in [0.05, 0.1) is 5.69 Å². The minimum absolute atomic E-state index is 0.733. The van der Waals surface area contributed by atoms with E-state index in [1.165, 1.54) is 11.1 Å². The summed E-state index contributed by atoms with van der Waals surface area (Å²) in [6.45, 7) is 0. The number of nitrogens with zero attached hydrogens (tertiary/aromatic N) is 1. The van der Waals surface area contributed by atoms with Gasteiger partial charge in [-0.05, 0) is 52.6 Å². The molecule has 2 heterocycles. The molecule has 0 aliphatic heterocycles. The van der Waals surface area contributed by atoms with Gasteiger partial charge in [-0.2, -0.15) is 0 Å². The Morgan fingerprint density at radius 3 is 1.87 bits per heavy atom. The van der Waals surface area contributed by atoms with Crippen LogP contribution in [0.25, 0.3) is 44.8 Å². The molecule has 2 aromatic heterocycles. The smallest absolute Gasteiger partial charge is 0.0539 e. The topological polar surface area (TPSA) is 28.7 Å². The van der Waals surface area contributed by atoms with Crippen LogP contribution in [0.2, 0.25) is 5.02 Å². The van der Waals surface area contributed by atoms with Gasteiger partial charge in [-0.1, -0.05) is 78.3 Å². The van der Waals surface area contributed by atoms with E-state index in [4.69, 9.17) is 11.6 Å². The molecule has 1 N–H and O–H groups in total. The average Bonchev–Trinajstić information content (AvgIpc) is 3.26. The molecule has 0 radical (unpaired) electrons. The van der Waals surface area contributed by atoms with Crippen LogP contribution >= 0.6 is 11.6 Å². The van der Waals surface area contributed by atoms with Gasteiger partial charge >= 0.3 is 0 Å². The van der Waals surface area contributed by atoms with Crippen molar-refractivity contribution in [3.05, 3.63) is 114 Å². The van der Waals surface area contributed by atoms with E-state index in [9.17, 15) is 0 Å². The van der Waals surface area contributed by atoms with Gasteiger partial charge in [0.2, 0.25) is 0 Å². The maximum atomic E-state index is 6.08. The molecule has 0 bridgehead atoms. The first-order valence-electron chi connectivity index (χ1n) is 9.83. The second-order valence-electron chi connectivity index (χ2n) is 7.16. The van der Waals surface area contributed by atoms with Gasteiger partial charge in [-0.25, -0.2) is 0 Å². The first kappa shape index (κ1) is 18.4. The Balaban J connectivity index is 1.60. The molecule has 5 rings (SSSR count). The normalized spacial score (nSPS) is 10.8. The second kappa shape index (κ2) is 8.02. The number of hydrogen-bond donors (Lipinski definition) is 1. The number of aromatic nitrogens is 2. The van der Waals surface area contributed by atoms with Crippen molar-refractivity contribution in [2.24, 2.45) is 0 Å². The summed E-state index contributed by atoms with van der Waals surface area (Å²) in [6, 6.07) is 33.3. The zero-order valence-corrected chi connectivity index (χ0v) is 17.0. The second-order valence-corrected chi connectivity index (χ2v) is 7.59. The monoisotopic (exact) mass is 406 g/mol. The van der Waals surface area contributed by atoms with Crippen LogP contribution < -0.4 is 0 Å². The lowest BCUT2D eigenvalue weighted by molar-refractivity contribution is 1.31. The Labute approximate surface area is 180 Å². The van der Waals surface area contributed by atoms with E-state index >= 15 is 0 Å². The summed E-state index contributed by atoms with van der Waals surface area (Å²) in [6.07, 6.45) is 3.64. The SMILES string of the molecule is Clc1ccc(-c2cc(-c3ccc(-c4ccccc4)cc3)c(-c3ccncc3)[nH]2)cc1. The molecule has 0 atom stereocenters. The van der Waals surface area contributed by atoms with Crippen molar-refractivity contribution in [2.45, 2.75) is 0 Å². The highest BCUT2D eigenvalue weighted by Gasteiger charge is 2.13. The standard InChI is InChI=1S/C27H19ClN2/c28-24-12-10-22(11-13-24)26-18-25(27(30-26)23-14-16-29-17-15-23)21-8-6-20(7-9-21)19-4-2-1-3-5-19/h1-18,30H. The summed E-state index contributed by atoms with van der Waals surface area (Å²) in [7, 11) is 0. The van der Waals surface area contributed by atoms with Gasteiger partial charge in [0, 0.05) is 34.2 Å². The van der Waals surface area contributed by atoms with Gasteiger partial charge in [0.15, 0.2) is 0 Å². The van der Waals surface area contributed by atoms with Crippen LogP contribution in [0.3, 0.4) is 0 Å². The molecule has 2 nitrogen and oxygen atoms in total. The van der Waals surface area contributed by atoms with Crippen molar-refractivity contribution in [1.82, 2.24) is 9.97 Å². The molecule has 5 aromatic rings. The first-order valence-corrected chi connectivity index (χ1v) is 10.2. The van der Waals surface area contributed by atoms with E-state index in [0.717, 1.165) is 38.7 Å². The highest BCUT2D eigenvalue weighted by molar-refractivity contribution is 6.30. The summed E-state index contributed by atoms with van der Waals surface area (Å²) in [5.41, 5.74) is 9.08. The van der Waals surface area contributed by atoms with Gasteiger partial charge in [0.25, 0.3) is 0 Å². The minimum Gasteiger partial charge on any atom is -0.354 e. The lowest BCUT2D eigenvalue weighted by atomic mass is 9.98. The third kappa shape index (κ3) is 3.66. The number of hydrogen-bond acceptors (Lipinski definition) is 1. The van der Waals surface area contributed by atoms with Gasteiger partial charge in [-0.15, -0.1) is 0 Å². The number of halogens is 1. The van der Waals surface area contributed by atoms with E-state index in [2.05, 4.69) is 64.6 Å². The molecule has 0 unspecified atom stereocenters. The minimum atomic E-state index is 0.733. The van der Waals surface area contributed by atoms with Crippen LogP contribution in [0.1, 0.15) is 0 Å². The zero-order valence-electron chi connectivity index (χ0n) is 16.2. The fourth-order valence-electron chi connectivity index (χ4n) is 3.69. The zero-order chi connectivity index (χ0) is 20.3. The number of H-pyrrole nitrogens is 1.